The zero-order chi connectivity index (χ0) is 20.9. The molecule has 0 aliphatic rings. The second-order valence-corrected chi connectivity index (χ2v) is 8.71. The van der Waals surface area contributed by atoms with E-state index in [0.717, 1.165) is 6.07 Å². The molecule has 3 rings (SSSR count). The second-order valence-electron chi connectivity index (χ2n) is 5.84. The summed E-state index contributed by atoms with van der Waals surface area (Å²) in [5.74, 6) is -2.85. The molecule has 0 saturated heterocycles. The van der Waals surface area contributed by atoms with Gasteiger partial charge in [-0.3, -0.25) is 0 Å². The molecule has 0 amide bonds. The Morgan fingerprint density at radius 2 is 1.54 bits per heavy atom. The molecule has 0 aliphatic carbocycles. The molecule has 148 valence electrons. The molecule has 4 nitrogen and oxygen atoms in total. The normalized spacial score (nSPS) is 12.4. The van der Waals surface area contributed by atoms with Crippen LogP contribution in [0.3, 0.4) is 0 Å². The lowest BCUT2D eigenvalue weighted by molar-refractivity contribution is -0.141. The minimum absolute atomic E-state index is 0.0780. The first-order chi connectivity index (χ1) is 12.9. The van der Waals surface area contributed by atoms with Crippen LogP contribution in [0.15, 0.2) is 51.8 Å². The van der Waals surface area contributed by atoms with Crippen LogP contribution in [-0.2, 0) is 16.0 Å². The fraction of sp³-hybridized carbons (Fsp3) is 0.118. The molecule has 0 unspecified atom stereocenters. The molecule has 0 aliphatic heterocycles. The number of nitrogens with zero attached hydrogens (tertiary/aromatic N) is 2. The Bertz CT molecular complexity index is 1130. The van der Waals surface area contributed by atoms with Crippen LogP contribution in [0.4, 0.5) is 22.0 Å². The third-order valence-electron chi connectivity index (χ3n) is 3.74. The van der Waals surface area contributed by atoms with Gasteiger partial charge in [0.2, 0.25) is 0 Å². The summed E-state index contributed by atoms with van der Waals surface area (Å²) >= 11 is 3.21. The van der Waals surface area contributed by atoms with Gasteiger partial charge in [-0.1, -0.05) is 28.1 Å². The highest BCUT2D eigenvalue weighted by atomic mass is 79.9. The molecule has 0 saturated carbocycles. The number of rotatable bonds is 3. The number of hydrogen-bond acceptors (Lipinski definition) is 3. The van der Waals surface area contributed by atoms with Crippen molar-refractivity contribution in [3.8, 4) is 16.9 Å². The van der Waals surface area contributed by atoms with Crippen molar-refractivity contribution >= 4 is 25.8 Å². The fourth-order valence-corrected chi connectivity index (χ4v) is 3.66. The third-order valence-corrected chi connectivity index (χ3v) is 5.40. The van der Waals surface area contributed by atoms with Gasteiger partial charge in [0, 0.05) is 28.4 Å². The third kappa shape index (κ3) is 3.95. The Morgan fingerprint density at radius 3 is 2.00 bits per heavy atom. The summed E-state index contributed by atoms with van der Waals surface area (Å²) in [6.45, 7) is 0. The molecule has 28 heavy (non-hydrogen) atoms. The quantitative estimate of drug-likeness (QED) is 0.495. The van der Waals surface area contributed by atoms with E-state index in [2.05, 4.69) is 21.0 Å². The van der Waals surface area contributed by atoms with E-state index >= 15 is 0 Å². The minimum atomic E-state index is -4.79. The van der Waals surface area contributed by atoms with Crippen LogP contribution in [0.5, 0.6) is 0 Å². The van der Waals surface area contributed by atoms with Crippen LogP contribution in [0.2, 0.25) is 0 Å². The molecule has 0 bridgehead atoms. The number of halogens is 6. The minimum Gasteiger partial charge on any atom is -0.232 e. The molecular formula is C17H10BrF5N2O2S. The summed E-state index contributed by atoms with van der Waals surface area (Å²) in [4.78, 5) is -1.16. The lowest BCUT2D eigenvalue weighted by Gasteiger charge is -2.10. The van der Waals surface area contributed by atoms with E-state index in [-0.39, 0.29) is 5.69 Å². The summed E-state index contributed by atoms with van der Waals surface area (Å²) in [5.41, 5.74) is -1.43. The Kier molecular flexibility index (Phi) is 5.09. The van der Waals surface area contributed by atoms with Crippen molar-refractivity contribution in [2.45, 2.75) is 11.1 Å². The Balaban J connectivity index is 2.27. The number of benzene rings is 2. The maximum atomic E-state index is 14.2. The highest BCUT2D eigenvalue weighted by molar-refractivity contribution is 9.10. The molecule has 0 radical (unpaired) electrons. The van der Waals surface area contributed by atoms with Crippen molar-refractivity contribution < 1.29 is 30.4 Å². The SMILES string of the molecule is CS(=O)(=O)c1c(F)cc(-n2nc(C(F)(F)F)cc2-c2ccc(Br)cc2)cc1F. The highest BCUT2D eigenvalue weighted by Crippen LogP contribution is 2.34. The van der Waals surface area contributed by atoms with Crippen LogP contribution < -0.4 is 0 Å². The summed E-state index contributed by atoms with van der Waals surface area (Å²) in [7, 11) is -4.21. The number of hydrogen-bond donors (Lipinski definition) is 0. The van der Waals surface area contributed by atoms with E-state index in [1.165, 1.54) is 12.1 Å². The van der Waals surface area contributed by atoms with E-state index in [0.29, 0.717) is 33.1 Å². The fourth-order valence-electron chi connectivity index (χ4n) is 2.57. The van der Waals surface area contributed by atoms with Crippen molar-refractivity contribution in [3.05, 3.63) is 64.3 Å². The van der Waals surface area contributed by atoms with Crippen LogP contribution in [0, 0.1) is 11.6 Å². The molecule has 2 aromatic carbocycles. The maximum absolute atomic E-state index is 14.2. The Hall–Kier alpha value is -2.27. The average Bonchev–Trinajstić information content (AvgIpc) is 2.99. The van der Waals surface area contributed by atoms with Gasteiger partial charge >= 0.3 is 6.18 Å². The maximum Gasteiger partial charge on any atom is 0.435 e. The molecule has 0 spiro atoms. The van der Waals surface area contributed by atoms with Crippen molar-refractivity contribution in [1.82, 2.24) is 9.78 Å². The van der Waals surface area contributed by atoms with Crippen molar-refractivity contribution in [2.24, 2.45) is 0 Å². The second kappa shape index (κ2) is 6.96. The van der Waals surface area contributed by atoms with Crippen molar-refractivity contribution in [1.29, 1.82) is 0 Å². The van der Waals surface area contributed by atoms with E-state index in [9.17, 15) is 30.4 Å². The molecule has 0 N–H and O–H groups in total. The lowest BCUT2D eigenvalue weighted by atomic mass is 10.1. The lowest BCUT2D eigenvalue weighted by Crippen LogP contribution is -2.09. The highest BCUT2D eigenvalue weighted by Gasteiger charge is 2.35. The van der Waals surface area contributed by atoms with Gasteiger partial charge in [0.1, 0.15) is 16.5 Å². The van der Waals surface area contributed by atoms with Gasteiger partial charge in [0.15, 0.2) is 15.5 Å². The van der Waals surface area contributed by atoms with Crippen LogP contribution in [-0.4, -0.2) is 24.5 Å². The van der Waals surface area contributed by atoms with Gasteiger partial charge in [0.25, 0.3) is 0 Å². The summed E-state index contributed by atoms with van der Waals surface area (Å²) < 4.78 is 92.3. The topological polar surface area (TPSA) is 52.0 Å². The first kappa shape index (κ1) is 20.5. The molecule has 1 heterocycles. The van der Waals surface area contributed by atoms with Gasteiger partial charge in [-0.15, -0.1) is 0 Å². The van der Waals surface area contributed by atoms with E-state index in [1.807, 2.05) is 0 Å². The van der Waals surface area contributed by atoms with Crippen LogP contribution in [0.1, 0.15) is 5.69 Å². The van der Waals surface area contributed by atoms with Gasteiger partial charge in [0.05, 0.1) is 11.4 Å². The van der Waals surface area contributed by atoms with E-state index in [4.69, 9.17) is 0 Å². The smallest absolute Gasteiger partial charge is 0.232 e. The van der Waals surface area contributed by atoms with Gasteiger partial charge < -0.3 is 0 Å². The number of aromatic nitrogens is 2. The van der Waals surface area contributed by atoms with Crippen molar-refractivity contribution in [3.63, 3.8) is 0 Å². The molecule has 0 fully saturated rings. The Labute approximate surface area is 164 Å². The van der Waals surface area contributed by atoms with E-state index < -0.39 is 43.9 Å². The van der Waals surface area contributed by atoms with E-state index in [1.54, 1.807) is 12.1 Å². The molecule has 1 aromatic heterocycles. The zero-order valence-electron chi connectivity index (χ0n) is 13.9. The first-order valence-electron chi connectivity index (χ1n) is 7.50. The Morgan fingerprint density at radius 1 is 1.00 bits per heavy atom. The van der Waals surface area contributed by atoms with Crippen LogP contribution in [0.25, 0.3) is 16.9 Å². The van der Waals surface area contributed by atoms with Gasteiger partial charge in [-0.05, 0) is 18.2 Å². The predicted molar refractivity (Wildman–Crippen MR) is 94.7 cm³/mol. The number of sulfone groups is 1. The summed E-state index contributed by atoms with van der Waals surface area (Å²) in [5, 5.41) is 3.42. The first-order valence-corrected chi connectivity index (χ1v) is 10.2. The van der Waals surface area contributed by atoms with Gasteiger partial charge in [-0.2, -0.15) is 18.3 Å². The number of alkyl halides is 3. The molecule has 11 heteroatoms. The molecular weight excluding hydrogens is 471 g/mol. The monoisotopic (exact) mass is 480 g/mol. The zero-order valence-corrected chi connectivity index (χ0v) is 16.3. The average molecular weight is 481 g/mol. The predicted octanol–water partition coefficient (Wildman–Crippen LogP) is 5.00. The summed E-state index contributed by atoms with van der Waals surface area (Å²) in [6, 6.07) is 8.12. The molecule has 3 aromatic rings. The standard InChI is InChI=1S/C17H10BrF5N2O2S/c1-28(26,27)16-12(19)6-11(7-13(16)20)25-14(8-15(24-25)17(21,22)23)9-2-4-10(18)5-3-9/h2-8H,1H3. The molecule has 0 atom stereocenters. The largest absolute Gasteiger partial charge is 0.435 e. The summed E-state index contributed by atoms with van der Waals surface area (Å²) in [6.07, 6.45) is -4.17. The van der Waals surface area contributed by atoms with Gasteiger partial charge in [-0.25, -0.2) is 21.9 Å². The van der Waals surface area contributed by atoms with Crippen LogP contribution >= 0.6 is 15.9 Å². The van der Waals surface area contributed by atoms with Crippen molar-refractivity contribution in [2.75, 3.05) is 6.26 Å².